The Labute approximate surface area is 96.6 Å². The number of aromatic amines is 1. The van der Waals surface area contributed by atoms with Crippen molar-refractivity contribution in [1.82, 2.24) is 10.3 Å². The number of carbonyl (C=O) groups excluding carboxylic acids is 1. The fourth-order valence-corrected chi connectivity index (χ4v) is 2.06. The Morgan fingerprint density at radius 2 is 2.25 bits per heavy atom. The lowest BCUT2D eigenvalue weighted by Crippen LogP contribution is -2.44. The van der Waals surface area contributed by atoms with Gasteiger partial charge in [-0.25, -0.2) is 0 Å². The molecule has 0 saturated heterocycles. The molecule has 1 amide bonds. The second kappa shape index (κ2) is 3.96. The van der Waals surface area contributed by atoms with E-state index in [0.717, 1.165) is 19.3 Å². The Balaban J connectivity index is 1.97. The molecule has 0 fully saturated rings. The Morgan fingerprint density at radius 1 is 1.50 bits per heavy atom. The van der Waals surface area contributed by atoms with Crippen LogP contribution < -0.4 is 5.32 Å². The number of hydrogen-bond acceptors (Lipinski definition) is 1. The van der Waals surface area contributed by atoms with Gasteiger partial charge in [0.25, 0.3) is 0 Å². The lowest BCUT2D eigenvalue weighted by Gasteiger charge is -2.27. The number of carbonyl (C=O) groups is 1. The highest BCUT2D eigenvalue weighted by molar-refractivity contribution is 5.81. The standard InChI is InChI=1S/C13H20N2O/c1-13(2,3)12(16)15-10-5-4-9-6-7-14-11(9)8-10/h6-7,10,14H,4-5,8H2,1-3H3,(H,15,16). The van der Waals surface area contributed by atoms with Crippen molar-refractivity contribution in [2.45, 2.75) is 46.1 Å². The highest BCUT2D eigenvalue weighted by Gasteiger charge is 2.26. The molecule has 16 heavy (non-hydrogen) atoms. The number of amides is 1. The van der Waals surface area contributed by atoms with Crippen molar-refractivity contribution >= 4 is 5.91 Å². The summed E-state index contributed by atoms with van der Waals surface area (Å²) in [5, 5.41) is 3.13. The SMILES string of the molecule is CC(C)(C)C(=O)NC1CCc2cc[nH]c2C1. The molecule has 0 spiro atoms. The van der Waals surface area contributed by atoms with E-state index in [9.17, 15) is 4.79 Å². The summed E-state index contributed by atoms with van der Waals surface area (Å²) in [6, 6.07) is 2.43. The van der Waals surface area contributed by atoms with E-state index in [0.29, 0.717) is 0 Å². The van der Waals surface area contributed by atoms with Crippen LogP contribution in [0, 0.1) is 5.41 Å². The van der Waals surface area contributed by atoms with E-state index >= 15 is 0 Å². The first-order valence-electron chi connectivity index (χ1n) is 5.93. The summed E-state index contributed by atoms with van der Waals surface area (Å²) in [5.74, 6) is 0.146. The molecule has 2 rings (SSSR count). The molecule has 0 aliphatic heterocycles. The van der Waals surface area contributed by atoms with E-state index in [1.807, 2.05) is 27.0 Å². The number of hydrogen-bond donors (Lipinski definition) is 2. The molecule has 88 valence electrons. The van der Waals surface area contributed by atoms with Gasteiger partial charge in [-0.05, 0) is 24.5 Å². The van der Waals surface area contributed by atoms with Crippen LogP contribution in [0.1, 0.15) is 38.4 Å². The van der Waals surface area contributed by atoms with Gasteiger partial charge in [0.05, 0.1) is 0 Å². The van der Waals surface area contributed by atoms with Crippen LogP contribution in [0.15, 0.2) is 12.3 Å². The first kappa shape index (κ1) is 11.2. The maximum absolute atomic E-state index is 11.9. The fourth-order valence-electron chi connectivity index (χ4n) is 2.06. The lowest BCUT2D eigenvalue weighted by molar-refractivity contribution is -0.129. The average Bonchev–Trinajstić information content (AvgIpc) is 2.63. The fraction of sp³-hybridized carbons (Fsp3) is 0.615. The number of aryl methyl sites for hydroxylation is 1. The van der Waals surface area contributed by atoms with E-state index in [-0.39, 0.29) is 17.4 Å². The normalized spacial score (nSPS) is 20.3. The molecular weight excluding hydrogens is 200 g/mol. The quantitative estimate of drug-likeness (QED) is 0.747. The predicted octanol–water partition coefficient (Wildman–Crippen LogP) is 2.03. The van der Waals surface area contributed by atoms with Crippen LogP contribution >= 0.6 is 0 Å². The maximum Gasteiger partial charge on any atom is 0.225 e. The molecular formula is C13H20N2O. The first-order valence-corrected chi connectivity index (χ1v) is 5.93. The van der Waals surface area contributed by atoms with Crippen molar-refractivity contribution in [2.24, 2.45) is 5.41 Å². The summed E-state index contributed by atoms with van der Waals surface area (Å²) < 4.78 is 0. The van der Waals surface area contributed by atoms with E-state index in [2.05, 4.69) is 16.4 Å². The molecule has 1 aliphatic carbocycles. The summed E-state index contributed by atoms with van der Waals surface area (Å²) in [6.07, 6.45) is 5.03. The zero-order valence-electron chi connectivity index (χ0n) is 10.3. The third-order valence-electron chi connectivity index (χ3n) is 3.16. The predicted molar refractivity (Wildman–Crippen MR) is 64.2 cm³/mol. The van der Waals surface area contributed by atoms with Gasteiger partial charge in [0.2, 0.25) is 5.91 Å². The van der Waals surface area contributed by atoms with E-state index < -0.39 is 0 Å². The molecule has 1 atom stereocenters. The van der Waals surface area contributed by atoms with Crippen LogP contribution in [-0.4, -0.2) is 16.9 Å². The lowest BCUT2D eigenvalue weighted by atomic mass is 9.91. The number of nitrogens with one attached hydrogen (secondary N) is 2. The van der Waals surface area contributed by atoms with Gasteiger partial charge >= 0.3 is 0 Å². The van der Waals surface area contributed by atoms with Gasteiger partial charge in [-0.3, -0.25) is 4.79 Å². The number of aromatic nitrogens is 1. The van der Waals surface area contributed by atoms with Crippen LogP contribution in [0.25, 0.3) is 0 Å². The Morgan fingerprint density at radius 3 is 2.94 bits per heavy atom. The molecule has 2 N–H and O–H groups in total. The zero-order chi connectivity index (χ0) is 11.8. The highest BCUT2D eigenvalue weighted by Crippen LogP contribution is 2.21. The number of H-pyrrole nitrogens is 1. The third-order valence-corrected chi connectivity index (χ3v) is 3.16. The summed E-state index contributed by atoms with van der Waals surface area (Å²) in [7, 11) is 0. The summed E-state index contributed by atoms with van der Waals surface area (Å²) in [6.45, 7) is 5.85. The van der Waals surface area contributed by atoms with Gasteiger partial charge in [-0.15, -0.1) is 0 Å². The average molecular weight is 220 g/mol. The van der Waals surface area contributed by atoms with Crippen molar-refractivity contribution < 1.29 is 4.79 Å². The van der Waals surface area contributed by atoms with Gasteiger partial charge < -0.3 is 10.3 Å². The Hall–Kier alpha value is -1.25. The summed E-state index contributed by atoms with van der Waals surface area (Å²) >= 11 is 0. The number of rotatable bonds is 1. The Kier molecular flexibility index (Phi) is 2.78. The van der Waals surface area contributed by atoms with Crippen molar-refractivity contribution in [3.8, 4) is 0 Å². The number of fused-ring (bicyclic) bond motifs is 1. The van der Waals surface area contributed by atoms with Gasteiger partial charge in [0.15, 0.2) is 0 Å². The molecule has 1 unspecified atom stereocenters. The zero-order valence-corrected chi connectivity index (χ0v) is 10.3. The monoisotopic (exact) mass is 220 g/mol. The van der Waals surface area contributed by atoms with Gasteiger partial charge in [-0.2, -0.15) is 0 Å². The van der Waals surface area contributed by atoms with E-state index in [1.54, 1.807) is 0 Å². The van der Waals surface area contributed by atoms with Gasteiger partial charge in [-0.1, -0.05) is 20.8 Å². The molecule has 0 bridgehead atoms. The van der Waals surface area contributed by atoms with Crippen LogP contribution in [0.3, 0.4) is 0 Å². The van der Waals surface area contributed by atoms with Crippen LogP contribution in [0.5, 0.6) is 0 Å². The van der Waals surface area contributed by atoms with Crippen molar-refractivity contribution in [3.63, 3.8) is 0 Å². The van der Waals surface area contributed by atoms with Crippen LogP contribution in [0.2, 0.25) is 0 Å². The summed E-state index contributed by atoms with van der Waals surface area (Å²) in [5.41, 5.74) is 2.39. The minimum atomic E-state index is -0.296. The molecule has 1 aromatic heterocycles. The van der Waals surface area contributed by atoms with Crippen LogP contribution in [0.4, 0.5) is 0 Å². The molecule has 3 heteroatoms. The minimum absolute atomic E-state index is 0.146. The van der Waals surface area contributed by atoms with Crippen molar-refractivity contribution in [1.29, 1.82) is 0 Å². The molecule has 0 radical (unpaired) electrons. The van der Waals surface area contributed by atoms with Crippen molar-refractivity contribution in [3.05, 3.63) is 23.5 Å². The molecule has 0 saturated carbocycles. The smallest absolute Gasteiger partial charge is 0.225 e. The highest BCUT2D eigenvalue weighted by atomic mass is 16.2. The minimum Gasteiger partial charge on any atom is -0.365 e. The second-order valence-electron chi connectivity index (χ2n) is 5.64. The topological polar surface area (TPSA) is 44.9 Å². The van der Waals surface area contributed by atoms with Gasteiger partial charge in [0.1, 0.15) is 0 Å². The maximum atomic E-state index is 11.9. The van der Waals surface area contributed by atoms with E-state index in [1.165, 1.54) is 11.3 Å². The molecule has 3 nitrogen and oxygen atoms in total. The first-order chi connectivity index (χ1) is 7.47. The second-order valence-corrected chi connectivity index (χ2v) is 5.64. The molecule has 0 aromatic carbocycles. The molecule has 1 heterocycles. The van der Waals surface area contributed by atoms with Crippen LogP contribution in [-0.2, 0) is 17.6 Å². The largest absolute Gasteiger partial charge is 0.365 e. The van der Waals surface area contributed by atoms with Gasteiger partial charge in [0, 0.05) is 29.8 Å². The third kappa shape index (κ3) is 2.29. The Bertz CT molecular complexity index is 387. The molecule has 1 aromatic rings. The van der Waals surface area contributed by atoms with Crippen molar-refractivity contribution in [2.75, 3.05) is 0 Å². The molecule has 1 aliphatic rings. The summed E-state index contributed by atoms with van der Waals surface area (Å²) in [4.78, 5) is 15.1. The van der Waals surface area contributed by atoms with E-state index in [4.69, 9.17) is 0 Å².